The summed E-state index contributed by atoms with van der Waals surface area (Å²) in [6, 6.07) is 17.5. The monoisotopic (exact) mass is 418 g/mol. The smallest absolute Gasteiger partial charge is 0.357 e. The van der Waals surface area contributed by atoms with Gasteiger partial charge in [-0.2, -0.15) is 5.10 Å². The van der Waals surface area contributed by atoms with Crippen LogP contribution < -0.4 is 10.6 Å². The number of aromatic nitrogens is 2. The zero-order valence-corrected chi connectivity index (χ0v) is 17.0. The van der Waals surface area contributed by atoms with Crippen LogP contribution in [0.25, 0.3) is 5.69 Å². The van der Waals surface area contributed by atoms with Crippen molar-refractivity contribution < 1.29 is 19.1 Å². The highest BCUT2D eigenvalue weighted by Gasteiger charge is 2.29. The number of nitrogens with zero attached hydrogens (tertiary/aromatic N) is 2. The largest absolute Gasteiger partial charge is 0.451 e. The fourth-order valence-electron chi connectivity index (χ4n) is 3.14. The van der Waals surface area contributed by atoms with Crippen molar-refractivity contribution in [3.63, 3.8) is 0 Å². The van der Waals surface area contributed by atoms with Gasteiger partial charge >= 0.3 is 5.97 Å². The Bertz CT molecular complexity index is 1100. The number of ether oxygens (including phenoxy) is 1. The summed E-state index contributed by atoms with van der Waals surface area (Å²) in [6.45, 7) is -0.436. The van der Waals surface area contributed by atoms with Gasteiger partial charge in [0.1, 0.15) is 0 Å². The molecule has 1 heterocycles. The minimum absolute atomic E-state index is 0.215. The zero-order chi connectivity index (χ0) is 21.8. The predicted molar refractivity (Wildman–Crippen MR) is 114 cm³/mol. The molecule has 1 aliphatic rings. The van der Waals surface area contributed by atoms with Gasteiger partial charge in [-0.3, -0.25) is 9.59 Å². The molecule has 1 aromatic heterocycles. The minimum atomic E-state index is -0.617. The van der Waals surface area contributed by atoms with E-state index in [1.54, 1.807) is 42.1 Å². The third-order valence-electron chi connectivity index (χ3n) is 4.93. The number of carbonyl (C=O) groups is 3. The summed E-state index contributed by atoms with van der Waals surface area (Å²) >= 11 is 0. The van der Waals surface area contributed by atoms with E-state index in [1.807, 2.05) is 30.3 Å². The predicted octanol–water partition coefficient (Wildman–Crippen LogP) is 2.90. The number of hydrogen-bond acceptors (Lipinski definition) is 5. The van der Waals surface area contributed by atoms with Crippen LogP contribution in [0.5, 0.6) is 0 Å². The van der Waals surface area contributed by atoms with Crippen LogP contribution in [0, 0.1) is 0 Å². The number of amides is 2. The quantitative estimate of drug-likeness (QED) is 0.575. The lowest BCUT2D eigenvalue weighted by molar-refractivity contribution is -0.119. The topological polar surface area (TPSA) is 102 Å². The van der Waals surface area contributed by atoms with E-state index in [0.717, 1.165) is 24.2 Å². The minimum Gasteiger partial charge on any atom is -0.451 e. The first-order chi connectivity index (χ1) is 15.0. The van der Waals surface area contributed by atoms with E-state index in [2.05, 4.69) is 15.7 Å². The maximum atomic E-state index is 12.7. The van der Waals surface area contributed by atoms with Gasteiger partial charge in [0.2, 0.25) is 0 Å². The molecule has 1 aliphatic carbocycles. The highest BCUT2D eigenvalue weighted by molar-refractivity contribution is 5.97. The Balaban J connectivity index is 1.40. The second-order valence-electron chi connectivity index (χ2n) is 7.26. The SMILES string of the molecule is CNC(=O)c1ccc(NC(=O)COC(=O)c2cc(C3CC3)nn2-c2ccccc2)cc1. The Kier molecular flexibility index (Phi) is 5.79. The Hall–Kier alpha value is -3.94. The molecule has 158 valence electrons. The molecule has 1 saturated carbocycles. The zero-order valence-electron chi connectivity index (χ0n) is 17.0. The van der Waals surface area contributed by atoms with Crippen molar-refractivity contribution in [2.75, 3.05) is 19.0 Å². The molecule has 0 radical (unpaired) electrons. The molecule has 0 unspecified atom stereocenters. The number of para-hydroxylation sites is 1. The van der Waals surface area contributed by atoms with Crippen molar-refractivity contribution in [3.8, 4) is 5.69 Å². The van der Waals surface area contributed by atoms with Crippen LogP contribution in [0.4, 0.5) is 5.69 Å². The van der Waals surface area contributed by atoms with Gasteiger partial charge in [0.25, 0.3) is 11.8 Å². The molecule has 0 atom stereocenters. The van der Waals surface area contributed by atoms with Gasteiger partial charge in [0, 0.05) is 24.2 Å². The fraction of sp³-hybridized carbons (Fsp3) is 0.217. The van der Waals surface area contributed by atoms with E-state index in [9.17, 15) is 14.4 Å². The average Bonchev–Trinajstić information content (AvgIpc) is 3.56. The van der Waals surface area contributed by atoms with Gasteiger partial charge in [0.05, 0.1) is 11.4 Å². The van der Waals surface area contributed by atoms with Crippen LogP contribution >= 0.6 is 0 Å². The van der Waals surface area contributed by atoms with Gasteiger partial charge in [0.15, 0.2) is 12.3 Å². The van der Waals surface area contributed by atoms with Crippen LogP contribution in [-0.2, 0) is 9.53 Å². The van der Waals surface area contributed by atoms with Crippen LogP contribution in [0.15, 0.2) is 60.7 Å². The Morgan fingerprint density at radius 2 is 1.77 bits per heavy atom. The van der Waals surface area contributed by atoms with Crippen molar-refractivity contribution in [1.82, 2.24) is 15.1 Å². The number of anilines is 1. The van der Waals surface area contributed by atoms with E-state index in [0.29, 0.717) is 17.2 Å². The van der Waals surface area contributed by atoms with Crippen LogP contribution in [0.2, 0.25) is 0 Å². The molecule has 2 aromatic carbocycles. The standard InChI is InChI=1S/C23H22N4O4/c1-24-22(29)16-9-11-17(12-10-16)25-21(28)14-31-23(30)20-13-19(15-7-8-15)26-27(20)18-5-3-2-4-6-18/h2-6,9-13,15H,7-8,14H2,1H3,(H,24,29)(H,25,28). The number of rotatable bonds is 7. The summed E-state index contributed by atoms with van der Waals surface area (Å²) < 4.78 is 6.80. The Labute approximate surface area is 179 Å². The highest BCUT2D eigenvalue weighted by atomic mass is 16.5. The second-order valence-corrected chi connectivity index (χ2v) is 7.26. The average molecular weight is 418 g/mol. The second kappa shape index (κ2) is 8.83. The Morgan fingerprint density at radius 3 is 2.42 bits per heavy atom. The molecule has 3 aromatic rings. The van der Waals surface area contributed by atoms with E-state index in [1.165, 1.54) is 0 Å². The third kappa shape index (κ3) is 4.80. The Morgan fingerprint density at radius 1 is 1.06 bits per heavy atom. The molecule has 2 N–H and O–H groups in total. The molecule has 1 fully saturated rings. The molecule has 0 aliphatic heterocycles. The van der Waals surface area contributed by atoms with Crippen molar-refractivity contribution in [3.05, 3.63) is 77.6 Å². The number of benzene rings is 2. The van der Waals surface area contributed by atoms with E-state index < -0.39 is 18.5 Å². The molecule has 2 amide bonds. The van der Waals surface area contributed by atoms with Crippen LogP contribution in [0.1, 0.15) is 45.3 Å². The van der Waals surface area contributed by atoms with Crippen LogP contribution in [0.3, 0.4) is 0 Å². The van der Waals surface area contributed by atoms with Gasteiger partial charge in [-0.1, -0.05) is 18.2 Å². The van der Waals surface area contributed by atoms with E-state index in [-0.39, 0.29) is 11.6 Å². The molecule has 0 bridgehead atoms. The summed E-state index contributed by atoms with van der Waals surface area (Å²) in [6.07, 6.45) is 2.11. The summed E-state index contributed by atoms with van der Waals surface area (Å²) in [5.41, 5.74) is 2.88. The third-order valence-corrected chi connectivity index (χ3v) is 4.93. The molecule has 0 spiro atoms. The summed E-state index contributed by atoms with van der Waals surface area (Å²) in [5.74, 6) is -0.937. The highest BCUT2D eigenvalue weighted by Crippen LogP contribution is 2.39. The summed E-state index contributed by atoms with van der Waals surface area (Å²) in [5, 5.41) is 9.74. The molecular formula is C23H22N4O4. The lowest BCUT2D eigenvalue weighted by Crippen LogP contribution is -2.22. The van der Waals surface area contributed by atoms with Crippen molar-refractivity contribution in [2.24, 2.45) is 0 Å². The van der Waals surface area contributed by atoms with Crippen molar-refractivity contribution in [2.45, 2.75) is 18.8 Å². The van der Waals surface area contributed by atoms with Crippen molar-refractivity contribution >= 4 is 23.5 Å². The number of nitrogens with one attached hydrogen (secondary N) is 2. The van der Waals surface area contributed by atoms with Gasteiger partial charge < -0.3 is 15.4 Å². The summed E-state index contributed by atoms with van der Waals surface area (Å²) in [4.78, 5) is 36.5. The fourth-order valence-corrected chi connectivity index (χ4v) is 3.14. The van der Waals surface area contributed by atoms with Crippen LogP contribution in [-0.4, -0.2) is 41.2 Å². The molecule has 8 heteroatoms. The molecular weight excluding hydrogens is 396 g/mol. The van der Waals surface area contributed by atoms with Gasteiger partial charge in [-0.25, -0.2) is 9.48 Å². The normalized spacial score (nSPS) is 12.8. The molecule has 4 rings (SSSR count). The number of esters is 1. The lowest BCUT2D eigenvalue weighted by atomic mass is 10.2. The van der Waals surface area contributed by atoms with E-state index >= 15 is 0 Å². The first-order valence-corrected chi connectivity index (χ1v) is 9.99. The number of carbonyl (C=O) groups excluding carboxylic acids is 3. The van der Waals surface area contributed by atoms with E-state index in [4.69, 9.17) is 4.74 Å². The first kappa shape index (κ1) is 20.3. The maximum absolute atomic E-state index is 12.7. The lowest BCUT2D eigenvalue weighted by Gasteiger charge is -2.09. The van der Waals surface area contributed by atoms with Gasteiger partial charge in [-0.15, -0.1) is 0 Å². The van der Waals surface area contributed by atoms with Gasteiger partial charge in [-0.05, 0) is 55.3 Å². The number of hydrogen-bond donors (Lipinski definition) is 2. The first-order valence-electron chi connectivity index (χ1n) is 9.99. The molecule has 8 nitrogen and oxygen atoms in total. The van der Waals surface area contributed by atoms with Crippen molar-refractivity contribution in [1.29, 1.82) is 0 Å². The molecule has 31 heavy (non-hydrogen) atoms. The maximum Gasteiger partial charge on any atom is 0.357 e. The molecule has 0 saturated heterocycles. The summed E-state index contributed by atoms with van der Waals surface area (Å²) in [7, 11) is 1.55.